The maximum Gasteiger partial charge on any atom is 0.244 e. The van der Waals surface area contributed by atoms with Crippen LogP contribution in [0.15, 0.2) is 76.5 Å². The number of amides is 1. The van der Waals surface area contributed by atoms with Gasteiger partial charge >= 0.3 is 0 Å². The van der Waals surface area contributed by atoms with Gasteiger partial charge in [0.05, 0.1) is 37.0 Å². The van der Waals surface area contributed by atoms with Crippen LogP contribution in [-0.4, -0.2) is 25.3 Å². The zero-order valence-corrected chi connectivity index (χ0v) is 19.3. The zero-order chi connectivity index (χ0) is 23.7. The van der Waals surface area contributed by atoms with Crippen molar-refractivity contribution < 1.29 is 18.7 Å². The molecule has 0 spiro atoms. The number of anilines is 3. The van der Waals surface area contributed by atoms with Gasteiger partial charge in [0, 0.05) is 17.7 Å². The molecule has 2 aliphatic rings. The summed E-state index contributed by atoms with van der Waals surface area (Å²) in [5, 5.41) is 6.48. The summed E-state index contributed by atoms with van der Waals surface area (Å²) >= 11 is 0. The van der Waals surface area contributed by atoms with Gasteiger partial charge in [-0.2, -0.15) is 0 Å². The molecule has 1 amide bonds. The van der Waals surface area contributed by atoms with E-state index in [0.29, 0.717) is 29.2 Å². The number of ketones is 1. The third kappa shape index (κ3) is 4.05. The van der Waals surface area contributed by atoms with Gasteiger partial charge in [0.1, 0.15) is 17.6 Å². The lowest BCUT2D eigenvalue weighted by molar-refractivity contribution is -0.117. The number of rotatable bonds is 5. The van der Waals surface area contributed by atoms with Gasteiger partial charge in [0.25, 0.3) is 0 Å². The van der Waals surface area contributed by atoms with Gasteiger partial charge in [-0.05, 0) is 61.7 Å². The Morgan fingerprint density at radius 2 is 2.03 bits per heavy atom. The highest BCUT2D eigenvalue weighted by molar-refractivity contribution is 6.02. The van der Waals surface area contributed by atoms with Crippen molar-refractivity contribution in [3.8, 4) is 5.75 Å². The van der Waals surface area contributed by atoms with E-state index in [1.165, 1.54) is 0 Å². The van der Waals surface area contributed by atoms with E-state index in [-0.39, 0.29) is 18.2 Å². The van der Waals surface area contributed by atoms with Crippen LogP contribution in [-0.2, 0) is 9.59 Å². The normalized spacial score (nSPS) is 17.4. The average molecular weight is 458 g/mol. The molecule has 2 aromatic carbocycles. The van der Waals surface area contributed by atoms with Crippen LogP contribution in [0, 0.1) is 6.92 Å². The molecule has 0 saturated carbocycles. The number of hydrogen-bond donors (Lipinski definition) is 2. The van der Waals surface area contributed by atoms with Crippen molar-refractivity contribution in [2.75, 3.05) is 29.2 Å². The molecule has 1 aliphatic carbocycles. The fourth-order valence-electron chi connectivity index (χ4n) is 4.78. The zero-order valence-electron chi connectivity index (χ0n) is 19.3. The first-order valence-corrected chi connectivity index (χ1v) is 11.4. The number of Topliss-reactive ketones (excluding diaryl/α,β-unsaturated/α-hetero) is 1. The minimum Gasteiger partial charge on any atom is -0.495 e. The van der Waals surface area contributed by atoms with E-state index in [2.05, 4.69) is 10.6 Å². The molecule has 2 N–H and O–H groups in total. The molecule has 7 nitrogen and oxygen atoms in total. The van der Waals surface area contributed by atoms with Crippen molar-refractivity contribution in [2.45, 2.75) is 32.2 Å². The summed E-state index contributed by atoms with van der Waals surface area (Å²) in [6.45, 7) is 1.98. The lowest BCUT2D eigenvalue weighted by Crippen LogP contribution is -2.38. The molecule has 0 bridgehead atoms. The van der Waals surface area contributed by atoms with Crippen molar-refractivity contribution in [2.24, 2.45) is 0 Å². The molecule has 2 heterocycles. The SMILES string of the molecule is COc1ccc(C)cc1NC(=O)CN1c2ccccc2NC2=C(C(=O)CCC2)C1c1ccco1. The molecule has 7 heteroatoms. The summed E-state index contributed by atoms with van der Waals surface area (Å²) in [5.74, 6) is 1.07. The van der Waals surface area contributed by atoms with Crippen LogP contribution in [0.25, 0.3) is 0 Å². The Morgan fingerprint density at radius 3 is 2.82 bits per heavy atom. The van der Waals surface area contributed by atoms with Crippen molar-refractivity contribution >= 4 is 28.8 Å². The number of hydrogen-bond acceptors (Lipinski definition) is 6. The monoisotopic (exact) mass is 457 g/mol. The highest BCUT2D eigenvalue weighted by atomic mass is 16.5. The summed E-state index contributed by atoms with van der Waals surface area (Å²) in [6, 6.07) is 16.6. The molecular formula is C27H27N3O4. The summed E-state index contributed by atoms with van der Waals surface area (Å²) in [6.07, 6.45) is 3.65. The molecule has 1 aromatic heterocycles. The van der Waals surface area contributed by atoms with Crippen LogP contribution in [0.1, 0.15) is 36.6 Å². The van der Waals surface area contributed by atoms with E-state index in [0.717, 1.165) is 35.5 Å². The Kier molecular flexibility index (Phi) is 5.84. The van der Waals surface area contributed by atoms with Crippen LogP contribution in [0.3, 0.4) is 0 Å². The number of carbonyl (C=O) groups excluding carboxylic acids is 2. The summed E-state index contributed by atoms with van der Waals surface area (Å²) in [5.41, 5.74) is 4.87. The standard InChI is InChI=1S/C27H27N3O4/c1-17-12-13-23(33-2)20(15-17)29-25(32)16-30-21-9-4-3-7-18(21)28-19-8-5-10-22(31)26(19)27(30)24-11-6-14-34-24/h3-4,6-7,9,11-15,27-28H,5,8,10,16H2,1-2H3,(H,29,32). The number of fused-ring (bicyclic) bond motifs is 1. The molecule has 1 unspecified atom stereocenters. The van der Waals surface area contributed by atoms with Gasteiger partial charge in [0.2, 0.25) is 5.91 Å². The maximum absolute atomic E-state index is 13.4. The molecule has 3 aromatic rings. The number of nitrogens with zero attached hydrogens (tertiary/aromatic N) is 1. The molecule has 0 fully saturated rings. The number of para-hydroxylation sites is 2. The summed E-state index contributed by atoms with van der Waals surface area (Å²) in [4.78, 5) is 28.5. The van der Waals surface area contributed by atoms with Crippen LogP contribution in [0.2, 0.25) is 0 Å². The van der Waals surface area contributed by atoms with Gasteiger partial charge in [-0.3, -0.25) is 9.59 Å². The van der Waals surface area contributed by atoms with Crippen LogP contribution in [0.4, 0.5) is 17.1 Å². The second kappa shape index (κ2) is 9.09. The molecule has 174 valence electrons. The smallest absolute Gasteiger partial charge is 0.244 e. The lowest BCUT2D eigenvalue weighted by Gasteiger charge is -2.33. The molecule has 1 atom stereocenters. The first-order chi connectivity index (χ1) is 16.5. The lowest BCUT2D eigenvalue weighted by atomic mass is 9.88. The highest BCUT2D eigenvalue weighted by Gasteiger charge is 2.38. The van der Waals surface area contributed by atoms with Gasteiger partial charge in [-0.15, -0.1) is 0 Å². The summed E-state index contributed by atoms with van der Waals surface area (Å²) < 4.78 is 11.2. The van der Waals surface area contributed by atoms with Crippen LogP contribution >= 0.6 is 0 Å². The molecule has 5 rings (SSSR count). The Bertz CT molecular complexity index is 1260. The summed E-state index contributed by atoms with van der Waals surface area (Å²) in [7, 11) is 1.58. The van der Waals surface area contributed by atoms with E-state index in [4.69, 9.17) is 9.15 Å². The number of nitrogens with one attached hydrogen (secondary N) is 2. The third-order valence-electron chi connectivity index (χ3n) is 6.30. The second-order valence-corrected chi connectivity index (χ2v) is 8.61. The van der Waals surface area contributed by atoms with Gasteiger partial charge in [-0.1, -0.05) is 18.2 Å². The average Bonchev–Trinajstić information content (AvgIpc) is 3.31. The Hall–Kier alpha value is -4.00. The number of furan rings is 1. The molecule has 0 saturated heterocycles. The molecule has 1 aliphatic heterocycles. The van der Waals surface area contributed by atoms with Crippen molar-refractivity contribution in [3.63, 3.8) is 0 Å². The van der Waals surface area contributed by atoms with E-state index in [1.54, 1.807) is 13.4 Å². The van der Waals surface area contributed by atoms with Gasteiger partial charge < -0.3 is 24.7 Å². The Balaban J connectivity index is 1.57. The molecular weight excluding hydrogens is 430 g/mol. The van der Waals surface area contributed by atoms with E-state index in [9.17, 15) is 9.59 Å². The third-order valence-corrected chi connectivity index (χ3v) is 6.30. The molecule has 34 heavy (non-hydrogen) atoms. The molecule has 0 radical (unpaired) electrons. The van der Waals surface area contributed by atoms with Crippen molar-refractivity contribution in [3.05, 3.63) is 83.5 Å². The first-order valence-electron chi connectivity index (χ1n) is 11.4. The number of ether oxygens (including phenoxy) is 1. The number of benzene rings is 2. The minimum atomic E-state index is -0.515. The van der Waals surface area contributed by atoms with E-state index >= 15 is 0 Å². The van der Waals surface area contributed by atoms with Crippen molar-refractivity contribution in [1.29, 1.82) is 0 Å². The van der Waals surface area contributed by atoms with E-state index < -0.39 is 6.04 Å². The van der Waals surface area contributed by atoms with Gasteiger partial charge in [-0.25, -0.2) is 0 Å². The van der Waals surface area contributed by atoms with Crippen molar-refractivity contribution in [1.82, 2.24) is 0 Å². The number of methoxy groups -OCH3 is 1. The predicted octanol–water partition coefficient (Wildman–Crippen LogP) is 5.22. The number of carbonyl (C=O) groups is 2. The quantitative estimate of drug-likeness (QED) is 0.547. The second-order valence-electron chi connectivity index (χ2n) is 8.61. The largest absolute Gasteiger partial charge is 0.495 e. The number of aryl methyl sites for hydroxylation is 1. The van der Waals surface area contributed by atoms with Crippen LogP contribution in [0.5, 0.6) is 5.75 Å². The number of allylic oxidation sites excluding steroid dienone is 1. The van der Waals surface area contributed by atoms with E-state index in [1.807, 2.05) is 66.4 Å². The minimum absolute atomic E-state index is 0.0191. The fourth-order valence-corrected chi connectivity index (χ4v) is 4.78. The highest BCUT2D eigenvalue weighted by Crippen LogP contribution is 2.44. The fraction of sp³-hybridized carbons (Fsp3) is 0.259. The maximum atomic E-state index is 13.4. The van der Waals surface area contributed by atoms with Crippen LogP contribution < -0.4 is 20.3 Å². The Labute approximate surface area is 198 Å². The van der Waals surface area contributed by atoms with Gasteiger partial charge in [0.15, 0.2) is 5.78 Å². The first kappa shape index (κ1) is 21.8. The Morgan fingerprint density at radius 1 is 1.18 bits per heavy atom. The predicted molar refractivity (Wildman–Crippen MR) is 131 cm³/mol. The topological polar surface area (TPSA) is 83.8 Å².